The number of carbonyl (C=O) groups excluding carboxylic acids is 3. The Hall–Kier alpha value is -1.59. The van der Waals surface area contributed by atoms with Crippen LogP contribution in [0.25, 0.3) is 0 Å². The van der Waals surface area contributed by atoms with E-state index in [4.69, 9.17) is 0 Å². The normalized spacial score (nSPS) is 22.0. The van der Waals surface area contributed by atoms with Crippen molar-refractivity contribution in [1.29, 1.82) is 0 Å². The minimum atomic E-state index is -0.252. The van der Waals surface area contributed by atoms with Crippen LogP contribution in [-0.2, 0) is 14.4 Å². The van der Waals surface area contributed by atoms with Crippen molar-refractivity contribution < 1.29 is 14.4 Å². The lowest BCUT2D eigenvalue weighted by molar-refractivity contribution is -0.151. The summed E-state index contributed by atoms with van der Waals surface area (Å²) < 4.78 is 0. The molecule has 2 saturated heterocycles. The monoisotopic (exact) mass is 281 g/mol. The number of likely N-dealkylation sites (tertiary alicyclic amines) is 2. The third-order valence-electron chi connectivity index (χ3n) is 4.51. The van der Waals surface area contributed by atoms with E-state index < -0.39 is 0 Å². The topological polar surface area (TPSA) is 69.7 Å². The molecule has 0 aromatic rings. The molecule has 3 amide bonds. The van der Waals surface area contributed by atoms with Crippen LogP contribution in [0.3, 0.4) is 0 Å². The van der Waals surface area contributed by atoms with Crippen LogP contribution in [0.1, 0.15) is 32.6 Å². The maximum atomic E-state index is 12.4. The van der Waals surface area contributed by atoms with Gasteiger partial charge in [0.25, 0.3) is 0 Å². The molecule has 6 heteroatoms. The summed E-state index contributed by atoms with van der Waals surface area (Å²) in [4.78, 5) is 38.7. The van der Waals surface area contributed by atoms with Gasteiger partial charge in [-0.3, -0.25) is 14.4 Å². The summed E-state index contributed by atoms with van der Waals surface area (Å²) in [6.07, 6.45) is 3.45. The fourth-order valence-electron chi connectivity index (χ4n) is 3.23. The van der Waals surface area contributed by atoms with Gasteiger partial charge in [0.15, 0.2) is 0 Å². The van der Waals surface area contributed by atoms with Crippen LogP contribution < -0.4 is 5.32 Å². The first-order chi connectivity index (χ1) is 9.44. The first kappa shape index (κ1) is 14.8. The van der Waals surface area contributed by atoms with Gasteiger partial charge in [-0.1, -0.05) is 0 Å². The number of carbonyl (C=O) groups is 3. The van der Waals surface area contributed by atoms with Crippen molar-refractivity contribution in [2.24, 2.45) is 5.41 Å². The van der Waals surface area contributed by atoms with E-state index in [1.54, 1.807) is 4.90 Å². The highest BCUT2D eigenvalue weighted by atomic mass is 16.2. The lowest BCUT2D eigenvalue weighted by atomic mass is 9.72. The Morgan fingerprint density at radius 3 is 2.45 bits per heavy atom. The van der Waals surface area contributed by atoms with Crippen LogP contribution in [0.4, 0.5) is 0 Å². The Labute approximate surface area is 119 Å². The van der Waals surface area contributed by atoms with E-state index in [0.29, 0.717) is 13.1 Å². The van der Waals surface area contributed by atoms with Gasteiger partial charge >= 0.3 is 0 Å². The smallest absolute Gasteiger partial charge is 0.241 e. The standard InChI is InChI=1S/C14H23N3O3/c1-11(18)15-10-12(19)17-8-5-14(6-9-17)4-3-7-16(2)13(14)20/h3-10H2,1-2H3,(H,15,18). The Kier molecular flexibility index (Phi) is 4.30. The van der Waals surface area contributed by atoms with E-state index in [1.807, 2.05) is 11.9 Å². The molecule has 2 aliphatic heterocycles. The van der Waals surface area contributed by atoms with Crippen molar-refractivity contribution in [3.63, 3.8) is 0 Å². The van der Waals surface area contributed by atoms with Gasteiger partial charge in [-0.15, -0.1) is 0 Å². The molecule has 0 saturated carbocycles. The number of amides is 3. The van der Waals surface area contributed by atoms with Crippen LogP contribution in [0, 0.1) is 5.41 Å². The number of hydrogen-bond donors (Lipinski definition) is 1. The summed E-state index contributed by atoms with van der Waals surface area (Å²) in [6, 6.07) is 0. The van der Waals surface area contributed by atoms with Gasteiger partial charge in [0.2, 0.25) is 17.7 Å². The highest BCUT2D eigenvalue weighted by molar-refractivity contribution is 5.85. The van der Waals surface area contributed by atoms with Gasteiger partial charge in [0.05, 0.1) is 12.0 Å². The Bertz CT molecular complexity index is 414. The molecule has 0 radical (unpaired) electrons. The molecule has 112 valence electrons. The first-order valence-corrected chi connectivity index (χ1v) is 7.22. The van der Waals surface area contributed by atoms with Gasteiger partial charge in [-0.25, -0.2) is 0 Å². The van der Waals surface area contributed by atoms with E-state index in [1.165, 1.54) is 6.92 Å². The van der Waals surface area contributed by atoms with Crippen molar-refractivity contribution in [3.8, 4) is 0 Å². The number of piperidine rings is 2. The predicted octanol–water partition coefficient (Wildman–Crippen LogP) is -0.0165. The summed E-state index contributed by atoms with van der Waals surface area (Å²) in [6.45, 7) is 3.51. The lowest BCUT2D eigenvalue weighted by Gasteiger charge is -2.45. The number of nitrogens with one attached hydrogen (secondary N) is 1. The quantitative estimate of drug-likeness (QED) is 0.773. The van der Waals surface area contributed by atoms with Gasteiger partial charge in [-0.05, 0) is 25.7 Å². The van der Waals surface area contributed by atoms with Gasteiger partial charge in [0, 0.05) is 33.6 Å². The van der Waals surface area contributed by atoms with Crippen LogP contribution in [0.15, 0.2) is 0 Å². The first-order valence-electron chi connectivity index (χ1n) is 7.22. The van der Waals surface area contributed by atoms with E-state index in [0.717, 1.165) is 32.2 Å². The zero-order chi connectivity index (χ0) is 14.8. The van der Waals surface area contributed by atoms with Gasteiger partial charge in [0.1, 0.15) is 0 Å². The second kappa shape index (κ2) is 5.81. The minimum Gasteiger partial charge on any atom is -0.347 e. The molecule has 2 heterocycles. The van der Waals surface area contributed by atoms with Crippen molar-refractivity contribution in [2.45, 2.75) is 32.6 Å². The summed E-state index contributed by atoms with van der Waals surface area (Å²) in [5, 5.41) is 2.52. The van der Waals surface area contributed by atoms with Gasteiger partial charge < -0.3 is 15.1 Å². The van der Waals surface area contributed by atoms with Crippen molar-refractivity contribution in [1.82, 2.24) is 15.1 Å². The van der Waals surface area contributed by atoms with E-state index in [-0.39, 0.29) is 29.7 Å². The Morgan fingerprint density at radius 2 is 1.85 bits per heavy atom. The van der Waals surface area contributed by atoms with Gasteiger partial charge in [-0.2, -0.15) is 0 Å². The highest BCUT2D eigenvalue weighted by Gasteiger charge is 2.45. The molecule has 0 bridgehead atoms. The second-order valence-electron chi connectivity index (χ2n) is 5.90. The zero-order valence-electron chi connectivity index (χ0n) is 12.3. The predicted molar refractivity (Wildman–Crippen MR) is 73.8 cm³/mol. The number of rotatable bonds is 2. The maximum Gasteiger partial charge on any atom is 0.241 e. The molecular formula is C14H23N3O3. The maximum absolute atomic E-state index is 12.4. The third-order valence-corrected chi connectivity index (χ3v) is 4.51. The van der Waals surface area contributed by atoms with Crippen LogP contribution >= 0.6 is 0 Å². The van der Waals surface area contributed by atoms with Crippen LogP contribution in [0.2, 0.25) is 0 Å². The summed E-state index contributed by atoms with van der Waals surface area (Å²) in [5.74, 6) is -0.0275. The largest absolute Gasteiger partial charge is 0.347 e. The van der Waals surface area contributed by atoms with Crippen molar-refractivity contribution in [2.75, 3.05) is 33.2 Å². The van der Waals surface area contributed by atoms with E-state index in [9.17, 15) is 14.4 Å². The molecule has 6 nitrogen and oxygen atoms in total. The molecule has 0 atom stereocenters. The molecule has 2 aliphatic rings. The SMILES string of the molecule is CC(=O)NCC(=O)N1CCC2(CCCN(C)C2=O)CC1. The molecule has 2 rings (SSSR count). The molecular weight excluding hydrogens is 258 g/mol. The average Bonchev–Trinajstić information content (AvgIpc) is 2.43. The van der Waals surface area contributed by atoms with Crippen LogP contribution in [-0.4, -0.2) is 60.7 Å². The molecule has 1 spiro atoms. The summed E-state index contributed by atoms with van der Waals surface area (Å²) in [7, 11) is 1.86. The van der Waals surface area contributed by atoms with Crippen molar-refractivity contribution in [3.05, 3.63) is 0 Å². The molecule has 0 aliphatic carbocycles. The Balaban J connectivity index is 1.90. The van der Waals surface area contributed by atoms with E-state index >= 15 is 0 Å². The molecule has 0 aromatic carbocycles. The molecule has 20 heavy (non-hydrogen) atoms. The zero-order valence-corrected chi connectivity index (χ0v) is 12.3. The summed E-state index contributed by atoms with van der Waals surface area (Å²) >= 11 is 0. The lowest BCUT2D eigenvalue weighted by Crippen LogP contribution is -2.54. The average molecular weight is 281 g/mol. The number of hydrogen-bond acceptors (Lipinski definition) is 3. The van der Waals surface area contributed by atoms with E-state index in [2.05, 4.69) is 5.32 Å². The third kappa shape index (κ3) is 2.94. The fraction of sp³-hybridized carbons (Fsp3) is 0.786. The number of nitrogens with zero attached hydrogens (tertiary/aromatic N) is 2. The Morgan fingerprint density at radius 1 is 1.20 bits per heavy atom. The molecule has 0 unspecified atom stereocenters. The second-order valence-corrected chi connectivity index (χ2v) is 5.90. The van der Waals surface area contributed by atoms with Crippen LogP contribution in [0.5, 0.6) is 0 Å². The highest BCUT2D eigenvalue weighted by Crippen LogP contribution is 2.40. The molecule has 0 aromatic heterocycles. The van der Waals surface area contributed by atoms with Crippen molar-refractivity contribution >= 4 is 17.7 Å². The summed E-state index contributed by atoms with van der Waals surface area (Å²) in [5.41, 5.74) is -0.252. The molecule has 2 fully saturated rings. The molecule has 1 N–H and O–H groups in total. The fourth-order valence-corrected chi connectivity index (χ4v) is 3.23. The minimum absolute atomic E-state index is 0.0518.